The Hall–Kier alpha value is -2.73. The zero-order chi connectivity index (χ0) is 31.7. The molecule has 0 atom stereocenters. The lowest BCUT2D eigenvalue weighted by Crippen LogP contribution is -2.40. The van der Waals surface area contributed by atoms with E-state index in [1.165, 1.54) is 27.0 Å². The Labute approximate surface area is 259 Å². The molecule has 1 saturated heterocycles. The van der Waals surface area contributed by atoms with Gasteiger partial charge in [0.15, 0.2) is 0 Å². The Kier molecular flexibility index (Phi) is 30.3. The van der Waals surface area contributed by atoms with E-state index in [2.05, 4.69) is 47.2 Å². The van der Waals surface area contributed by atoms with Crippen molar-refractivity contribution in [1.29, 1.82) is 0 Å². The molecular weight excluding hydrogens is 587 g/mol. The van der Waals surface area contributed by atoms with E-state index in [9.17, 15) is 18.0 Å². The van der Waals surface area contributed by atoms with E-state index in [0.717, 1.165) is 37.0 Å². The van der Waals surface area contributed by atoms with Crippen molar-refractivity contribution in [2.45, 2.75) is 40.5 Å². The molecule has 9 nitrogen and oxygen atoms in total. The maximum atomic E-state index is 12.1. The number of likely N-dealkylation sites (tertiary alicyclic amines) is 1. The number of carbonyl (C=O) groups is 2. The van der Waals surface area contributed by atoms with Gasteiger partial charge in [-0.15, -0.1) is 25.7 Å². The van der Waals surface area contributed by atoms with E-state index < -0.39 is 16.1 Å². The first-order chi connectivity index (χ1) is 18.9. The number of rotatable bonds is 10. The van der Waals surface area contributed by atoms with Crippen LogP contribution in [0.25, 0.3) is 0 Å². The monoisotopic (exact) mass is 634 g/mol. The molecule has 41 heavy (non-hydrogen) atoms. The normalized spacial score (nSPS) is 11.5. The first kappa shape index (κ1) is 45.3. The van der Waals surface area contributed by atoms with E-state index in [1.54, 1.807) is 23.1 Å². The highest BCUT2D eigenvalue weighted by atomic mass is 35.5. The van der Waals surface area contributed by atoms with Crippen LogP contribution in [0.5, 0.6) is 0 Å². The molecule has 12 heteroatoms. The van der Waals surface area contributed by atoms with Crippen molar-refractivity contribution < 1.29 is 22.7 Å². The molecule has 0 spiro atoms. The number of carbonyl (C=O) groups excluding carboxylic acids is 2. The third-order valence-electron chi connectivity index (χ3n) is 4.92. The second-order valence-corrected chi connectivity index (χ2v) is 10.6. The molecule has 1 fully saturated rings. The Morgan fingerprint density at radius 3 is 2.05 bits per heavy atom. The predicted molar refractivity (Wildman–Crippen MR) is 174 cm³/mol. The fraction of sp³-hybridized carbons (Fsp3) is 0.517. The molecule has 0 saturated carbocycles. The summed E-state index contributed by atoms with van der Waals surface area (Å²) >= 11 is 11.9. The fourth-order valence-corrected chi connectivity index (χ4v) is 3.49. The Morgan fingerprint density at radius 2 is 1.61 bits per heavy atom. The number of halogens is 2. The number of nitrogens with zero attached hydrogens (tertiary/aromatic N) is 2. The zero-order valence-corrected chi connectivity index (χ0v) is 26.5. The van der Waals surface area contributed by atoms with E-state index >= 15 is 0 Å². The third-order valence-corrected chi connectivity index (χ3v) is 6.40. The number of nitrogens with one attached hydrogen (secondary N) is 2. The number of terminal acetylenes is 2. The average molecular weight is 636 g/mol. The molecule has 2 rings (SSSR count). The highest BCUT2D eigenvalue weighted by Crippen LogP contribution is 2.22. The van der Waals surface area contributed by atoms with Gasteiger partial charge >= 0.3 is 6.09 Å². The maximum Gasteiger partial charge on any atom is 0.409 e. The van der Waals surface area contributed by atoms with Gasteiger partial charge in [0.2, 0.25) is 15.9 Å². The van der Waals surface area contributed by atoms with Crippen LogP contribution in [0.3, 0.4) is 0 Å². The van der Waals surface area contributed by atoms with Crippen molar-refractivity contribution in [3.8, 4) is 25.7 Å². The molecule has 2 amide bonds. The minimum Gasteiger partial charge on any atom is -0.453 e. The number of hydrogen-bond acceptors (Lipinski definition) is 6. The van der Waals surface area contributed by atoms with Gasteiger partial charge in [-0.05, 0) is 56.2 Å². The van der Waals surface area contributed by atoms with Crippen molar-refractivity contribution >= 4 is 45.2 Å². The van der Waals surface area contributed by atoms with Crippen LogP contribution in [-0.4, -0.2) is 89.9 Å². The van der Waals surface area contributed by atoms with Crippen LogP contribution in [0.1, 0.15) is 39.7 Å². The van der Waals surface area contributed by atoms with E-state index in [4.69, 9.17) is 27.9 Å². The van der Waals surface area contributed by atoms with Crippen LogP contribution >= 0.6 is 23.2 Å². The van der Waals surface area contributed by atoms with Gasteiger partial charge in [0, 0.05) is 26.2 Å². The fourth-order valence-electron chi connectivity index (χ4n) is 3.17. The molecule has 0 aliphatic carbocycles. The predicted octanol–water partition coefficient (Wildman–Crippen LogP) is 4.70. The molecule has 1 heterocycles. The largest absolute Gasteiger partial charge is 0.453 e. The molecule has 1 aromatic rings. The lowest BCUT2D eigenvalue weighted by molar-refractivity contribution is -0.120. The van der Waals surface area contributed by atoms with Crippen molar-refractivity contribution in [2.24, 2.45) is 0 Å². The molecule has 0 bridgehead atoms. The lowest BCUT2D eigenvalue weighted by Gasteiger charge is -2.24. The van der Waals surface area contributed by atoms with E-state index in [-0.39, 0.29) is 19.8 Å². The summed E-state index contributed by atoms with van der Waals surface area (Å²) in [6.45, 7) is 12.1. The van der Waals surface area contributed by atoms with Gasteiger partial charge < -0.3 is 15.0 Å². The minimum atomic E-state index is -2.91. The summed E-state index contributed by atoms with van der Waals surface area (Å²) in [5.41, 5.74) is 1.73. The van der Waals surface area contributed by atoms with Gasteiger partial charge in [-0.25, -0.2) is 17.9 Å². The Balaban J connectivity index is -0.000000453. The summed E-state index contributed by atoms with van der Waals surface area (Å²) in [5, 5.41) is 3.69. The number of amides is 2. The number of sulfonamides is 1. The first-order valence-electron chi connectivity index (χ1n) is 12.4. The molecule has 0 aromatic heterocycles. The van der Waals surface area contributed by atoms with Crippen molar-refractivity contribution in [2.75, 3.05) is 59.7 Å². The number of benzene rings is 1. The van der Waals surface area contributed by atoms with Crippen molar-refractivity contribution in [3.63, 3.8) is 0 Å². The SMILES string of the molecule is C.C#C.C#C.C=C(CN1CCCC1)CN(CCNC(=O)Cc1ccc(Cl)c(Cl)c1)C(=O)OC.CC.CNS(C)(=O)=O. The summed E-state index contributed by atoms with van der Waals surface area (Å²) in [4.78, 5) is 28.0. The van der Waals surface area contributed by atoms with E-state index in [0.29, 0.717) is 29.7 Å². The summed E-state index contributed by atoms with van der Waals surface area (Å²) in [5.74, 6) is -0.154. The molecule has 1 aliphatic heterocycles. The number of hydrogen-bond donors (Lipinski definition) is 2. The highest BCUT2D eigenvalue weighted by Gasteiger charge is 2.18. The van der Waals surface area contributed by atoms with Crippen LogP contribution in [0.4, 0.5) is 4.79 Å². The second kappa shape index (κ2) is 27.4. The van der Waals surface area contributed by atoms with Gasteiger partial charge in [0.25, 0.3) is 0 Å². The van der Waals surface area contributed by atoms with Gasteiger partial charge in [-0.2, -0.15) is 0 Å². The Morgan fingerprint density at radius 1 is 1.10 bits per heavy atom. The Bertz CT molecular complexity index is 1020. The quantitative estimate of drug-likeness (QED) is 0.285. The van der Waals surface area contributed by atoms with Crippen LogP contribution in [-0.2, 0) is 26.0 Å². The van der Waals surface area contributed by atoms with Gasteiger partial charge in [-0.1, -0.05) is 57.1 Å². The van der Waals surface area contributed by atoms with E-state index in [1.807, 2.05) is 13.8 Å². The van der Waals surface area contributed by atoms with Crippen LogP contribution in [0, 0.1) is 25.7 Å². The molecule has 234 valence electrons. The summed E-state index contributed by atoms with van der Waals surface area (Å²) in [7, 11) is -0.193. The number of methoxy groups -OCH3 is 1. The smallest absolute Gasteiger partial charge is 0.409 e. The molecule has 0 radical (unpaired) electrons. The highest BCUT2D eigenvalue weighted by molar-refractivity contribution is 7.88. The van der Waals surface area contributed by atoms with Crippen molar-refractivity contribution in [1.82, 2.24) is 19.8 Å². The number of ether oxygens (including phenoxy) is 1. The topological polar surface area (TPSA) is 108 Å². The van der Waals surface area contributed by atoms with Gasteiger partial charge in [-0.3, -0.25) is 9.69 Å². The minimum absolute atomic E-state index is 0. The molecule has 1 aromatic carbocycles. The zero-order valence-electron chi connectivity index (χ0n) is 24.2. The summed E-state index contributed by atoms with van der Waals surface area (Å²) in [6, 6.07) is 5.10. The van der Waals surface area contributed by atoms with Crippen molar-refractivity contribution in [3.05, 3.63) is 46.0 Å². The lowest BCUT2D eigenvalue weighted by atomic mass is 10.1. The molecule has 2 N–H and O–H groups in total. The standard InChI is InChI=1S/C20H27Cl2N3O3.C2H7NO2S.C2H6.2C2H2.CH4/c1-15(13-24-8-3-4-9-24)14-25(20(27)28-2)10-7-23-19(26)12-16-5-6-17(21)18(22)11-16;1-3-6(2,4)5;3*1-2;/h5-6,11H,1,3-4,7-10,12-14H2,2H3,(H,23,26);3H,1-2H3;1-2H3;2*1-2H;1H4. The summed E-state index contributed by atoms with van der Waals surface area (Å²) < 4.78 is 26.7. The molecule has 1 aliphatic rings. The maximum absolute atomic E-state index is 12.1. The molecular formula is C29H48Cl2N4O5S. The van der Waals surface area contributed by atoms with Crippen LogP contribution in [0.15, 0.2) is 30.4 Å². The van der Waals surface area contributed by atoms with Crippen LogP contribution < -0.4 is 10.0 Å². The van der Waals surface area contributed by atoms with Crippen LogP contribution in [0.2, 0.25) is 10.0 Å². The first-order valence-corrected chi connectivity index (χ1v) is 15.1. The molecule has 0 unspecified atom stereocenters. The van der Waals surface area contributed by atoms with Gasteiger partial charge in [0.05, 0.1) is 29.8 Å². The average Bonchev–Trinajstić information content (AvgIpc) is 3.46. The second-order valence-electron chi connectivity index (χ2n) is 7.88. The third kappa shape index (κ3) is 23.7. The summed E-state index contributed by atoms with van der Waals surface area (Å²) in [6.07, 6.45) is 19.3. The van der Waals surface area contributed by atoms with Gasteiger partial charge in [0.1, 0.15) is 0 Å².